The minimum Gasteiger partial charge on any atom is -0.508 e. The van der Waals surface area contributed by atoms with Crippen LogP contribution >= 0.6 is 0 Å². The number of phenols is 1. The molecule has 39 nitrogen and oxygen atoms in total. The zero-order valence-electron chi connectivity index (χ0n) is 79.7. The summed E-state index contributed by atoms with van der Waals surface area (Å²) in [7, 11) is 0. The summed E-state index contributed by atoms with van der Waals surface area (Å²) in [5.41, 5.74) is 9.24. The first-order valence-corrected chi connectivity index (χ1v) is 45.8. The lowest BCUT2D eigenvalue weighted by molar-refractivity contribution is -0.140. The second-order valence-corrected chi connectivity index (χ2v) is 36.4. The van der Waals surface area contributed by atoms with Crippen LogP contribution in [0.4, 0.5) is 0 Å². The highest BCUT2D eigenvalue weighted by Gasteiger charge is 2.44. The quantitative estimate of drug-likeness (QED) is 0.0222. The summed E-state index contributed by atoms with van der Waals surface area (Å²) < 4.78 is 0. The second kappa shape index (κ2) is 53.9. The Labute approximate surface area is 782 Å². The lowest BCUT2D eigenvalue weighted by Gasteiger charge is -2.33. The van der Waals surface area contributed by atoms with Gasteiger partial charge in [0, 0.05) is 68.7 Å². The van der Waals surface area contributed by atoms with Crippen molar-refractivity contribution in [2.24, 2.45) is 35.1 Å². The molecule has 15 amide bonds. The van der Waals surface area contributed by atoms with Crippen LogP contribution in [0.25, 0.3) is 10.9 Å². The number of hydrogen-bond donors (Lipinski definition) is 20. The van der Waals surface area contributed by atoms with E-state index in [2.05, 4.69) is 84.7 Å². The fourth-order valence-corrected chi connectivity index (χ4v) is 14.9. The van der Waals surface area contributed by atoms with Crippen LogP contribution in [0.2, 0.25) is 0 Å². The molecule has 0 radical (unpaired) electrons. The molecular weight excluding hydrogens is 1730 g/mol. The maximum absolute atomic E-state index is 15.3. The average molecular weight is 1870 g/mol. The minimum absolute atomic E-state index is 0.00272. The number of primary amides is 2. The van der Waals surface area contributed by atoms with Gasteiger partial charge in [-0.05, 0) is 174 Å². The van der Waals surface area contributed by atoms with E-state index in [-0.39, 0.29) is 94.9 Å². The van der Waals surface area contributed by atoms with Crippen molar-refractivity contribution in [1.82, 2.24) is 84.7 Å². The minimum atomic E-state index is -1.92. The number of para-hydroxylation sites is 1. The average Bonchev–Trinajstić information content (AvgIpc) is 1.63. The van der Waals surface area contributed by atoms with Gasteiger partial charge in [-0.2, -0.15) is 0 Å². The summed E-state index contributed by atoms with van der Waals surface area (Å²) in [6, 6.07) is 2.48. The Morgan fingerprint density at radius 3 is 1.69 bits per heavy atom. The molecule has 1 aliphatic rings. The number of aromatic nitrogens is 1. The number of ketones is 4. The maximum atomic E-state index is 15.3. The monoisotopic (exact) mass is 1870 g/mol. The first-order chi connectivity index (χ1) is 62.9. The molecule has 0 saturated heterocycles. The number of phenolic OH excluding ortho intramolecular Hbond substituents is 1. The number of fused-ring (bicyclic) bond motifs is 1. The molecule has 3 aromatic carbocycles. The van der Waals surface area contributed by atoms with Crippen LogP contribution in [0.5, 0.6) is 5.75 Å². The molecule has 5 rings (SSSR count). The number of rotatable bonds is 36. The number of aromatic hydroxyl groups is 1. The predicted octanol–water partition coefficient (Wildman–Crippen LogP) is 0.893. The highest BCUT2D eigenvalue weighted by molar-refractivity contribution is 6.41. The molecule has 4 unspecified atom stereocenters. The van der Waals surface area contributed by atoms with E-state index in [0.717, 1.165) is 0 Å². The van der Waals surface area contributed by atoms with Gasteiger partial charge in [-0.3, -0.25) is 91.1 Å². The van der Waals surface area contributed by atoms with Crippen molar-refractivity contribution in [3.63, 3.8) is 0 Å². The first kappa shape index (κ1) is 112. The standard InChI is InChI=1S/C95H140N18O21/c1-51(2)43-66-50-100-70(39-40-75(96)117)80(121)79(120)56(8)102-87(128)74(47-65-49-99-69-34-28-27-33-68(65)69)109-88(129)72(46-64-35-37-67(116)38-36-64)108-85(126)60(12)106-93(134)95(16,113-90(131)73(45-63-31-25-24-26-32-63)110-91(132)76(61(13)114)111-89(130)71(44-52(3)4)107-62(14)115)42-30-23-21-19-17-18-20-22-29-41-94(15,112-86(66)127)92(133)105-59(11)84(125)104-58(10)83(124)103-57(9)82(123)101-55(7)78(119)77(118)54(6)98-48-53(5)81(97)122/h18,20,24-28,31-38,49,51-61,66,70-74,76,98-100,114,116H,17,19,21-23,29-30,39-48,50H2,1-16H3,(H2,96,117)(H2,97,122)(H,101,123)(H,102,128)(H,103,124)(H,104,125)(H,105,133)(H,106,134)(H,107,115)(H,108,126)(H,109,129)(H,110,132)(H,111,130)(H,112,127)(H,113,131)/b20-18+/t53-,54-,55-,56?,57?,58-,59?,60?,61+,66+,70-,71-,72-,73-,74-,76-,94-,95+/m0/s1. The molecule has 134 heavy (non-hydrogen) atoms. The van der Waals surface area contributed by atoms with E-state index in [0.29, 0.717) is 59.7 Å². The van der Waals surface area contributed by atoms with Crippen LogP contribution in [0.3, 0.4) is 0 Å². The van der Waals surface area contributed by atoms with Crippen LogP contribution in [-0.4, -0.2) is 236 Å². The van der Waals surface area contributed by atoms with Crippen molar-refractivity contribution < 1.29 is 101 Å². The molecule has 0 bridgehead atoms. The van der Waals surface area contributed by atoms with Crippen molar-refractivity contribution >= 4 is 123 Å². The third kappa shape index (κ3) is 36.4. The van der Waals surface area contributed by atoms with Gasteiger partial charge in [0.05, 0.1) is 36.2 Å². The number of aliphatic hydroxyl groups is 1. The van der Waals surface area contributed by atoms with E-state index >= 15 is 24.0 Å². The van der Waals surface area contributed by atoms with Gasteiger partial charge in [-0.25, -0.2) is 0 Å². The molecule has 1 aliphatic heterocycles. The number of Topliss-reactive ketones (excluding diaryl/α,β-unsaturated/α-hetero) is 4. The Balaban J connectivity index is 1.54. The van der Waals surface area contributed by atoms with E-state index < -0.39 is 226 Å². The number of benzene rings is 3. The Hall–Kier alpha value is -12.7. The van der Waals surface area contributed by atoms with Crippen molar-refractivity contribution in [3.8, 4) is 5.75 Å². The zero-order valence-corrected chi connectivity index (χ0v) is 79.7. The van der Waals surface area contributed by atoms with Gasteiger partial charge in [0.1, 0.15) is 71.2 Å². The number of amides is 15. The molecular formula is C95H140N18O21. The third-order valence-corrected chi connectivity index (χ3v) is 23.3. The summed E-state index contributed by atoms with van der Waals surface area (Å²) in [5, 5.41) is 62.0. The largest absolute Gasteiger partial charge is 0.508 e. The van der Waals surface area contributed by atoms with E-state index in [1.54, 1.807) is 60.8 Å². The molecule has 0 fully saturated rings. The fraction of sp³-hybridized carbons (Fsp3) is 0.568. The normalized spacial score (nSPS) is 22.4. The second-order valence-electron chi connectivity index (χ2n) is 36.4. The van der Waals surface area contributed by atoms with Crippen molar-refractivity contribution in [2.45, 2.75) is 309 Å². The van der Waals surface area contributed by atoms with E-state index in [9.17, 15) is 77.3 Å². The smallest absolute Gasteiger partial charge is 0.246 e. The van der Waals surface area contributed by atoms with Crippen molar-refractivity contribution in [3.05, 3.63) is 114 Å². The van der Waals surface area contributed by atoms with Gasteiger partial charge in [-0.15, -0.1) is 0 Å². The van der Waals surface area contributed by atoms with Crippen LogP contribution in [0.15, 0.2) is 97.2 Å². The molecule has 39 heteroatoms. The molecule has 22 N–H and O–H groups in total. The number of aromatic amines is 1. The summed E-state index contributed by atoms with van der Waals surface area (Å²) in [6.45, 7) is 22.9. The molecule has 18 atom stereocenters. The molecule has 0 aliphatic carbocycles. The Morgan fingerprint density at radius 2 is 1.09 bits per heavy atom. The number of carbonyl (C=O) groups is 19. The van der Waals surface area contributed by atoms with E-state index in [1.807, 2.05) is 39.8 Å². The predicted molar refractivity (Wildman–Crippen MR) is 499 cm³/mol. The van der Waals surface area contributed by atoms with Crippen LogP contribution < -0.4 is 91.2 Å². The van der Waals surface area contributed by atoms with Gasteiger partial charge in [0.25, 0.3) is 0 Å². The van der Waals surface area contributed by atoms with Gasteiger partial charge in [0.15, 0.2) is 0 Å². The topological polar surface area (TPSA) is 613 Å². The number of nitrogens with one attached hydrogen (secondary N) is 16. The molecule has 0 saturated carbocycles. The van der Waals surface area contributed by atoms with Crippen molar-refractivity contribution in [1.29, 1.82) is 0 Å². The highest BCUT2D eigenvalue weighted by Crippen LogP contribution is 2.25. The summed E-state index contributed by atoms with van der Waals surface area (Å²) in [6.07, 6.45) is 5.32. The zero-order chi connectivity index (χ0) is 100. The van der Waals surface area contributed by atoms with Crippen LogP contribution in [0, 0.1) is 23.7 Å². The summed E-state index contributed by atoms with van der Waals surface area (Å²) in [5.74, 6) is -19.1. The number of carbonyl (C=O) groups excluding carboxylic acids is 19. The maximum Gasteiger partial charge on any atom is 0.246 e. The molecule has 2 heterocycles. The number of hydrogen-bond acceptors (Lipinski definition) is 23. The van der Waals surface area contributed by atoms with E-state index in [1.165, 1.54) is 107 Å². The summed E-state index contributed by atoms with van der Waals surface area (Å²) in [4.78, 5) is 269. The van der Waals surface area contributed by atoms with Gasteiger partial charge in [0.2, 0.25) is 112 Å². The molecule has 736 valence electrons. The SMILES string of the molecule is CC(=O)N[C@@H](CC(C)C)C(=O)N[C@H](C(=O)N[C@@H](Cc1ccccc1)C(=O)N[C@]1(C)CCCCCC/C=C/CCC[C@@](C)(C(=O)NC(C)C(=O)N[C@@H](C)C(=O)NC(C)C(=O)N[C@@H](C)C(=O)C(=O)[C@H](C)NC[C@H](C)C(N)=O)NC(=O)[C@H](CC(C)C)CN[C@@H](CCC(N)=O)C(=O)C(=O)C(C)NC(=O)[C@H](Cc2c[nH]c3ccccc23)NC(=O)[C@H](Cc2ccc(O)cc2)NC(=O)C(C)NC1=O)[C@@H](C)O. The molecule has 0 spiro atoms. The van der Waals surface area contributed by atoms with E-state index in [4.69, 9.17) is 11.5 Å². The van der Waals surface area contributed by atoms with Gasteiger partial charge in [-0.1, -0.05) is 127 Å². The lowest BCUT2D eigenvalue weighted by atomic mass is 9.89. The number of allylic oxidation sites excluding steroid dienone is 2. The highest BCUT2D eigenvalue weighted by atomic mass is 16.3. The Morgan fingerprint density at radius 1 is 0.522 bits per heavy atom. The third-order valence-electron chi connectivity index (χ3n) is 23.3. The number of H-pyrrole nitrogens is 1. The number of aliphatic hydroxyl groups excluding tert-OH is 1. The fourth-order valence-electron chi connectivity index (χ4n) is 14.9. The Kier molecular flexibility index (Phi) is 45.0. The summed E-state index contributed by atoms with van der Waals surface area (Å²) >= 11 is 0. The van der Waals surface area contributed by atoms with Crippen LogP contribution in [0.1, 0.15) is 211 Å². The van der Waals surface area contributed by atoms with Gasteiger partial charge < -0.3 is 106 Å². The number of nitrogens with two attached hydrogens (primary N) is 2. The lowest BCUT2D eigenvalue weighted by Crippen LogP contribution is -2.64. The Bertz CT molecular complexity index is 4810. The first-order valence-electron chi connectivity index (χ1n) is 45.8. The molecule has 1 aromatic heterocycles. The van der Waals surface area contributed by atoms with Crippen molar-refractivity contribution in [2.75, 3.05) is 13.1 Å². The van der Waals surface area contributed by atoms with Gasteiger partial charge >= 0.3 is 0 Å². The molecule has 4 aromatic rings. The van der Waals surface area contributed by atoms with Crippen LogP contribution in [-0.2, 0) is 110 Å².